The molecule has 0 heterocycles. The summed E-state index contributed by atoms with van der Waals surface area (Å²) >= 11 is 0. The van der Waals surface area contributed by atoms with Crippen LogP contribution in [0.25, 0.3) is 11.1 Å². The van der Waals surface area contributed by atoms with Crippen LogP contribution in [0.3, 0.4) is 0 Å². The van der Waals surface area contributed by atoms with Gasteiger partial charge in [-0.2, -0.15) is 0 Å². The lowest BCUT2D eigenvalue weighted by Crippen LogP contribution is -2.40. The zero-order valence-electron chi connectivity index (χ0n) is 24.5. The number of aryl methyl sites for hydroxylation is 1. The maximum absolute atomic E-state index is 12.6. The predicted molar refractivity (Wildman–Crippen MR) is 165 cm³/mol. The second-order valence-corrected chi connectivity index (χ2v) is 16.3. The SMILES string of the molecule is COc1cc(NC(=O)CCCCc2ccc(-c3ccccc3)c(NC(=O)O)c2)ccc1CO[Si](C)(C)C(C)(C)C. The molecule has 0 saturated heterocycles. The molecule has 3 aromatic carbocycles. The van der Waals surface area contributed by atoms with Crippen molar-refractivity contribution in [3.05, 3.63) is 77.9 Å². The highest BCUT2D eigenvalue weighted by molar-refractivity contribution is 6.74. The molecule has 3 aromatic rings. The van der Waals surface area contributed by atoms with Gasteiger partial charge in [-0.15, -0.1) is 0 Å². The third-order valence-electron chi connectivity index (χ3n) is 7.50. The van der Waals surface area contributed by atoms with Gasteiger partial charge < -0.3 is 19.6 Å². The fourth-order valence-electron chi connectivity index (χ4n) is 4.09. The van der Waals surface area contributed by atoms with Crippen molar-refractivity contribution in [2.75, 3.05) is 17.7 Å². The van der Waals surface area contributed by atoms with Crippen LogP contribution in [0.5, 0.6) is 5.75 Å². The van der Waals surface area contributed by atoms with E-state index in [4.69, 9.17) is 9.16 Å². The summed E-state index contributed by atoms with van der Waals surface area (Å²) in [6, 6.07) is 21.2. The van der Waals surface area contributed by atoms with E-state index in [2.05, 4.69) is 44.5 Å². The maximum Gasteiger partial charge on any atom is 0.409 e. The first-order valence-corrected chi connectivity index (χ1v) is 16.6. The van der Waals surface area contributed by atoms with E-state index in [1.54, 1.807) is 7.11 Å². The molecule has 214 valence electrons. The molecule has 3 N–H and O–H groups in total. The molecular weight excluding hydrogens is 520 g/mol. The van der Waals surface area contributed by atoms with Crippen LogP contribution in [0.2, 0.25) is 18.1 Å². The first-order chi connectivity index (χ1) is 18.9. The van der Waals surface area contributed by atoms with Crippen molar-refractivity contribution in [3.63, 3.8) is 0 Å². The highest BCUT2D eigenvalue weighted by atomic mass is 28.4. The zero-order chi connectivity index (χ0) is 29.3. The fourth-order valence-corrected chi connectivity index (χ4v) is 5.04. The first kappa shape index (κ1) is 30.9. The Bertz CT molecular complexity index is 1300. The summed E-state index contributed by atoms with van der Waals surface area (Å²) in [4.78, 5) is 24.0. The molecule has 0 aliphatic heterocycles. The molecule has 7 nitrogen and oxygen atoms in total. The molecule has 8 heteroatoms. The van der Waals surface area contributed by atoms with Crippen LogP contribution in [0.1, 0.15) is 51.2 Å². The summed E-state index contributed by atoms with van der Waals surface area (Å²) in [5, 5.41) is 14.9. The monoisotopic (exact) mass is 562 g/mol. The molecular formula is C32H42N2O5Si. The molecule has 0 aromatic heterocycles. The van der Waals surface area contributed by atoms with Gasteiger partial charge in [-0.25, -0.2) is 4.79 Å². The Hall–Kier alpha value is -3.62. The molecule has 0 bridgehead atoms. The molecule has 40 heavy (non-hydrogen) atoms. The van der Waals surface area contributed by atoms with Crippen LogP contribution in [-0.4, -0.2) is 32.5 Å². The normalized spacial score (nSPS) is 11.7. The molecule has 0 aliphatic carbocycles. The van der Waals surface area contributed by atoms with E-state index in [0.29, 0.717) is 36.6 Å². The Kier molecular flexibility index (Phi) is 10.5. The summed E-state index contributed by atoms with van der Waals surface area (Å²) < 4.78 is 11.9. The van der Waals surface area contributed by atoms with Gasteiger partial charge in [0.2, 0.25) is 5.91 Å². The number of anilines is 2. The number of carboxylic acid groups (broad SMARTS) is 1. The Balaban J connectivity index is 1.53. The van der Waals surface area contributed by atoms with E-state index >= 15 is 0 Å². The van der Waals surface area contributed by atoms with Crippen LogP contribution in [0, 0.1) is 0 Å². The van der Waals surface area contributed by atoms with E-state index < -0.39 is 14.4 Å². The Morgan fingerprint density at radius 2 is 1.65 bits per heavy atom. The van der Waals surface area contributed by atoms with Crippen molar-refractivity contribution in [2.45, 2.75) is 71.2 Å². The number of carbonyl (C=O) groups is 2. The van der Waals surface area contributed by atoms with E-state index in [1.165, 1.54) is 0 Å². The van der Waals surface area contributed by atoms with E-state index in [-0.39, 0.29) is 10.9 Å². The topological polar surface area (TPSA) is 96.9 Å². The van der Waals surface area contributed by atoms with Gasteiger partial charge in [0, 0.05) is 29.3 Å². The smallest absolute Gasteiger partial charge is 0.409 e. The Morgan fingerprint density at radius 3 is 2.30 bits per heavy atom. The van der Waals surface area contributed by atoms with Gasteiger partial charge in [-0.05, 0) is 60.7 Å². The summed E-state index contributed by atoms with van der Waals surface area (Å²) in [5.41, 5.74) is 5.01. The van der Waals surface area contributed by atoms with Crippen molar-refractivity contribution in [1.29, 1.82) is 0 Å². The number of amides is 2. The largest absolute Gasteiger partial charge is 0.496 e. The summed E-state index contributed by atoms with van der Waals surface area (Å²) in [5.74, 6) is 0.640. The number of hydrogen-bond acceptors (Lipinski definition) is 4. The van der Waals surface area contributed by atoms with E-state index in [9.17, 15) is 14.7 Å². The lowest BCUT2D eigenvalue weighted by atomic mass is 9.99. The van der Waals surface area contributed by atoms with Gasteiger partial charge >= 0.3 is 6.09 Å². The molecule has 2 amide bonds. The van der Waals surface area contributed by atoms with Gasteiger partial charge in [0.05, 0.1) is 19.4 Å². The highest BCUT2D eigenvalue weighted by Crippen LogP contribution is 2.38. The van der Waals surface area contributed by atoms with Crippen LogP contribution in [-0.2, 0) is 22.2 Å². The Labute approximate surface area is 239 Å². The average molecular weight is 563 g/mol. The first-order valence-electron chi connectivity index (χ1n) is 13.7. The van der Waals surface area contributed by atoms with Crippen molar-refractivity contribution >= 4 is 31.7 Å². The highest BCUT2D eigenvalue weighted by Gasteiger charge is 2.37. The van der Waals surface area contributed by atoms with E-state index in [0.717, 1.165) is 35.1 Å². The minimum Gasteiger partial charge on any atom is -0.496 e. The number of nitrogens with one attached hydrogen (secondary N) is 2. The second-order valence-electron chi connectivity index (χ2n) is 11.5. The van der Waals surface area contributed by atoms with Gasteiger partial charge in [0.25, 0.3) is 0 Å². The molecule has 0 aliphatic rings. The fraction of sp³-hybridized carbons (Fsp3) is 0.375. The molecule has 3 rings (SSSR count). The second kappa shape index (κ2) is 13.6. The Morgan fingerprint density at radius 1 is 0.925 bits per heavy atom. The number of unbranched alkanes of at least 4 members (excludes halogenated alkanes) is 1. The lowest BCUT2D eigenvalue weighted by Gasteiger charge is -2.36. The number of carbonyl (C=O) groups excluding carboxylic acids is 1. The number of benzene rings is 3. The summed E-state index contributed by atoms with van der Waals surface area (Å²) in [6.45, 7) is 11.6. The molecule has 0 unspecified atom stereocenters. The van der Waals surface area contributed by atoms with E-state index in [1.807, 2.05) is 66.7 Å². The molecule has 0 fully saturated rings. The van der Waals surface area contributed by atoms with Crippen molar-refractivity contribution in [2.24, 2.45) is 0 Å². The average Bonchev–Trinajstić information content (AvgIpc) is 2.90. The standard InChI is InChI=1S/C32H42N2O5Si/c1-32(2,3)40(5,6)39-22-25-17-18-26(21-29(25)38-4)33-30(35)15-11-10-12-23-16-19-27(24-13-8-7-9-14-24)28(20-23)34-31(36)37/h7-9,13-14,16-21,34H,10-12,15,22H2,1-6H3,(H,33,35)(H,36,37). The van der Waals surface area contributed by atoms with Crippen LogP contribution < -0.4 is 15.4 Å². The minimum atomic E-state index is -1.89. The predicted octanol–water partition coefficient (Wildman–Crippen LogP) is 8.33. The van der Waals surface area contributed by atoms with Gasteiger partial charge in [-0.3, -0.25) is 10.1 Å². The van der Waals surface area contributed by atoms with Gasteiger partial charge in [-0.1, -0.05) is 69.3 Å². The molecule has 0 saturated carbocycles. The molecule has 0 radical (unpaired) electrons. The van der Waals surface area contributed by atoms with Gasteiger partial charge in [0.15, 0.2) is 8.32 Å². The summed E-state index contributed by atoms with van der Waals surface area (Å²) in [6.07, 6.45) is 1.55. The number of methoxy groups -OCH3 is 1. The number of ether oxygens (including phenoxy) is 1. The third kappa shape index (κ3) is 8.69. The van der Waals surface area contributed by atoms with Crippen molar-refractivity contribution in [3.8, 4) is 16.9 Å². The van der Waals surface area contributed by atoms with Crippen molar-refractivity contribution in [1.82, 2.24) is 0 Å². The zero-order valence-corrected chi connectivity index (χ0v) is 25.5. The number of hydrogen-bond donors (Lipinski definition) is 3. The number of rotatable bonds is 12. The van der Waals surface area contributed by atoms with Crippen LogP contribution in [0.4, 0.5) is 16.2 Å². The van der Waals surface area contributed by atoms with Gasteiger partial charge in [0.1, 0.15) is 5.75 Å². The quantitative estimate of drug-likeness (QED) is 0.152. The molecule has 0 atom stereocenters. The van der Waals surface area contributed by atoms with Crippen LogP contribution >= 0.6 is 0 Å². The summed E-state index contributed by atoms with van der Waals surface area (Å²) in [7, 11) is -0.265. The maximum atomic E-state index is 12.6. The lowest BCUT2D eigenvalue weighted by molar-refractivity contribution is -0.116. The minimum absolute atomic E-state index is 0.0556. The van der Waals surface area contributed by atoms with Crippen molar-refractivity contribution < 1.29 is 23.9 Å². The van der Waals surface area contributed by atoms with Crippen LogP contribution in [0.15, 0.2) is 66.7 Å². The third-order valence-corrected chi connectivity index (χ3v) is 12.0. The molecule has 0 spiro atoms.